The molecule has 0 radical (unpaired) electrons. The maximum atomic E-state index is 15.0. The van der Waals surface area contributed by atoms with Crippen molar-refractivity contribution >= 4 is 22.4 Å². The zero-order valence-electron chi connectivity index (χ0n) is 18.5. The highest BCUT2D eigenvalue weighted by molar-refractivity contribution is 6.30. The summed E-state index contributed by atoms with van der Waals surface area (Å²) in [6.07, 6.45) is 3.41. The molecule has 4 heteroatoms. The van der Waals surface area contributed by atoms with Crippen molar-refractivity contribution in [1.82, 2.24) is 0 Å². The Morgan fingerprint density at radius 3 is 2.06 bits per heavy atom. The van der Waals surface area contributed by atoms with Gasteiger partial charge in [0.1, 0.15) is 22.5 Å². The summed E-state index contributed by atoms with van der Waals surface area (Å²) in [4.78, 5) is 0. The number of fused-ring (bicyclic) bond motifs is 1. The molecule has 0 saturated carbocycles. The van der Waals surface area contributed by atoms with E-state index < -0.39 is 22.5 Å². The van der Waals surface area contributed by atoms with E-state index in [2.05, 4.69) is 42.7 Å². The van der Waals surface area contributed by atoms with Crippen LogP contribution in [0.15, 0.2) is 66.7 Å². The first kappa shape index (κ1) is 23.5. The zero-order valence-corrected chi connectivity index (χ0v) is 19.2. The van der Waals surface area contributed by atoms with Crippen molar-refractivity contribution in [2.45, 2.75) is 26.2 Å². The molecule has 4 aromatic rings. The second kappa shape index (κ2) is 10.5. The van der Waals surface area contributed by atoms with Crippen LogP contribution >= 0.6 is 11.6 Å². The summed E-state index contributed by atoms with van der Waals surface area (Å²) in [7, 11) is 0. The summed E-state index contributed by atoms with van der Waals surface area (Å²) < 4.78 is 42.2. The highest BCUT2D eigenvalue weighted by atomic mass is 35.5. The molecule has 0 heterocycles. The van der Waals surface area contributed by atoms with Crippen LogP contribution in [0.4, 0.5) is 13.2 Å². The van der Waals surface area contributed by atoms with Crippen LogP contribution in [0.1, 0.15) is 47.6 Å². The topological polar surface area (TPSA) is 0 Å². The number of rotatable bonds is 3. The molecule has 0 aliphatic rings. The fourth-order valence-electron chi connectivity index (χ4n) is 3.51. The van der Waals surface area contributed by atoms with Crippen LogP contribution in [0, 0.1) is 41.1 Å². The van der Waals surface area contributed by atoms with Gasteiger partial charge in [0.2, 0.25) is 0 Å². The second-order valence-electron chi connectivity index (χ2n) is 7.92. The first-order chi connectivity index (χ1) is 16.4. The summed E-state index contributed by atoms with van der Waals surface area (Å²) in [5, 5.41) is 0.491. The maximum absolute atomic E-state index is 15.0. The minimum atomic E-state index is -0.911. The van der Waals surface area contributed by atoms with Gasteiger partial charge in [-0.3, -0.25) is 0 Å². The molecule has 0 unspecified atom stereocenters. The van der Waals surface area contributed by atoms with E-state index in [1.807, 2.05) is 18.2 Å². The van der Waals surface area contributed by atoms with Crippen LogP contribution in [0.25, 0.3) is 10.8 Å². The van der Waals surface area contributed by atoms with Crippen molar-refractivity contribution in [2.75, 3.05) is 0 Å². The number of aryl methyl sites for hydroxylation is 1. The van der Waals surface area contributed by atoms with Crippen molar-refractivity contribution in [3.8, 4) is 23.7 Å². The lowest BCUT2D eigenvalue weighted by Crippen LogP contribution is -1.89. The van der Waals surface area contributed by atoms with E-state index in [1.54, 1.807) is 24.3 Å². The normalized spacial score (nSPS) is 10.4. The van der Waals surface area contributed by atoms with E-state index in [4.69, 9.17) is 11.6 Å². The number of benzene rings is 4. The molecule has 0 N–H and O–H groups in total. The Morgan fingerprint density at radius 1 is 0.706 bits per heavy atom. The van der Waals surface area contributed by atoms with Gasteiger partial charge >= 0.3 is 0 Å². The number of halogens is 4. The van der Waals surface area contributed by atoms with E-state index in [9.17, 15) is 13.2 Å². The Morgan fingerprint density at radius 2 is 1.35 bits per heavy atom. The fourth-order valence-corrected chi connectivity index (χ4v) is 3.62. The van der Waals surface area contributed by atoms with Crippen molar-refractivity contribution in [2.24, 2.45) is 0 Å². The molecule has 0 atom stereocenters. The average Bonchev–Trinajstić information content (AvgIpc) is 2.85. The molecule has 0 aromatic heterocycles. The van der Waals surface area contributed by atoms with Gasteiger partial charge in [-0.05, 0) is 66.3 Å². The number of hydrogen-bond donors (Lipinski definition) is 0. The smallest absolute Gasteiger partial charge is 0.146 e. The monoisotopic (exact) mass is 472 g/mol. The maximum Gasteiger partial charge on any atom is 0.146 e. The molecular weight excluding hydrogens is 453 g/mol. The Kier molecular flexibility index (Phi) is 7.27. The molecule has 0 saturated heterocycles. The molecule has 168 valence electrons. The average molecular weight is 473 g/mol. The van der Waals surface area contributed by atoms with Gasteiger partial charge in [0.05, 0.1) is 5.56 Å². The second-order valence-corrected chi connectivity index (χ2v) is 8.30. The first-order valence-corrected chi connectivity index (χ1v) is 11.3. The summed E-state index contributed by atoms with van der Waals surface area (Å²) in [5.74, 6) is 9.19. The minimum Gasteiger partial charge on any atom is -0.205 e. The molecule has 0 nitrogen and oxygen atoms in total. The SMILES string of the molecule is CCCCc1ccc(C#Cc2ccc3c(F)c(C#Cc4cc(F)c(Cl)c(F)c4)ccc3c2)cc1. The molecule has 34 heavy (non-hydrogen) atoms. The Balaban J connectivity index is 1.57. The quantitative estimate of drug-likeness (QED) is 0.209. The molecule has 0 amide bonds. The molecule has 4 aromatic carbocycles. The predicted octanol–water partition coefficient (Wildman–Crippen LogP) is 8.05. The van der Waals surface area contributed by atoms with E-state index in [1.165, 1.54) is 18.4 Å². The molecular formula is C30H20ClF3. The van der Waals surface area contributed by atoms with E-state index >= 15 is 0 Å². The standard InChI is InChI=1S/C30H20ClF3/c1-2-3-4-20-5-7-21(8-6-20)9-10-22-12-16-26-25(17-22)15-14-24(30(26)34)13-11-23-18-27(32)29(31)28(33)19-23/h5-8,12,14-19H,2-4H2,1H3. The molecule has 0 spiro atoms. The van der Waals surface area contributed by atoms with E-state index in [0.29, 0.717) is 10.8 Å². The fraction of sp³-hybridized carbons (Fsp3) is 0.133. The van der Waals surface area contributed by atoms with Gasteiger partial charge in [-0.15, -0.1) is 0 Å². The highest BCUT2D eigenvalue weighted by Crippen LogP contribution is 2.23. The van der Waals surface area contributed by atoms with Crippen LogP contribution in [0.5, 0.6) is 0 Å². The molecule has 0 aliphatic carbocycles. The minimum absolute atomic E-state index is 0.0721. The van der Waals surface area contributed by atoms with Crippen molar-refractivity contribution in [1.29, 1.82) is 0 Å². The van der Waals surface area contributed by atoms with Crippen molar-refractivity contribution < 1.29 is 13.2 Å². The summed E-state index contributed by atoms with van der Waals surface area (Å²) in [6, 6.07) is 18.8. The summed E-state index contributed by atoms with van der Waals surface area (Å²) >= 11 is 5.48. The van der Waals surface area contributed by atoms with Crippen molar-refractivity contribution in [3.63, 3.8) is 0 Å². The summed E-state index contributed by atoms with van der Waals surface area (Å²) in [5.41, 5.74) is 3.20. The number of unbranched alkanes of at least 4 members (excludes halogenated alkanes) is 1. The van der Waals surface area contributed by atoms with Gasteiger partial charge < -0.3 is 0 Å². The molecule has 0 aliphatic heterocycles. The van der Waals surface area contributed by atoms with Gasteiger partial charge in [0.15, 0.2) is 0 Å². The Hall–Kier alpha value is -3.66. The van der Waals surface area contributed by atoms with E-state index in [-0.39, 0.29) is 11.1 Å². The Labute approximate surface area is 202 Å². The number of hydrogen-bond acceptors (Lipinski definition) is 0. The Bertz CT molecular complexity index is 1460. The van der Waals surface area contributed by atoms with Crippen LogP contribution in [-0.2, 0) is 6.42 Å². The molecule has 4 rings (SSSR count). The highest BCUT2D eigenvalue weighted by Gasteiger charge is 2.09. The molecule has 0 bridgehead atoms. The van der Waals surface area contributed by atoms with Gasteiger partial charge in [-0.1, -0.05) is 72.9 Å². The van der Waals surface area contributed by atoms with Crippen molar-refractivity contribution in [3.05, 3.63) is 117 Å². The third-order valence-corrected chi connectivity index (χ3v) is 5.76. The molecule has 0 fully saturated rings. The van der Waals surface area contributed by atoms with Gasteiger partial charge in [-0.2, -0.15) is 0 Å². The third kappa shape index (κ3) is 5.45. The van der Waals surface area contributed by atoms with Gasteiger partial charge in [-0.25, -0.2) is 13.2 Å². The lowest BCUT2D eigenvalue weighted by atomic mass is 10.0. The zero-order chi connectivity index (χ0) is 24.1. The first-order valence-electron chi connectivity index (χ1n) is 10.9. The van der Waals surface area contributed by atoms with Gasteiger partial charge in [0, 0.05) is 22.1 Å². The lowest BCUT2D eigenvalue weighted by molar-refractivity contribution is 0.583. The van der Waals surface area contributed by atoms with Crippen LogP contribution in [0.3, 0.4) is 0 Å². The van der Waals surface area contributed by atoms with Crippen LogP contribution < -0.4 is 0 Å². The van der Waals surface area contributed by atoms with Gasteiger partial charge in [0.25, 0.3) is 0 Å². The lowest BCUT2D eigenvalue weighted by Gasteiger charge is -2.03. The largest absolute Gasteiger partial charge is 0.205 e. The predicted molar refractivity (Wildman–Crippen MR) is 132 cm³/mol. The van der Waals surface area contributed by atoms with E-state index in [0.717, 1.165) is 29.7 Å². The summed E-state index contributed by atoms with van der Waals surface area (Å²) in [6.45, 7) is 2.18. The van der Waals surface area contributed by atoms with Crippen LogP contribution in [-0.4, -0.2) is 0 Å². The van der Waals surface area contributed by atoms with Crippen LogP contribution in [0.2, 0.25) is 5.02 Å². The third-order valence-electron chi connectivity index (χ3n) is 5.40.